The van der Waals surface area contributed by atoms with Crippen LogP contribution in [0.15, 0.2) is 0 Å². The Labute approximate surface area is 356 Å². The number of hydrogen-bond acceptors (Lipinski definition) is 1. The van der Waals surface area contributed by atoms with E-state index in [0.29, 0.717) is 0 Å². The van der Waals surface area contributed by atoms with Crippen molar-refractivity contribution >= 4 is 21.9 Å². The highest BCUT2D eigenvalue weighted by atomic mass is 79.9. The number of carboxylic acids is 1. The molecule has 1 unspecified atom stereocenters. The van der Waals surface area contributed by atoms with Crippen LogP contribution < -0.4 is 0 Å². The number of halogens is 1. The predicted molar refractivity (Wildman–Crippen MR) is 252 cm³/mol. The Morgan fingerprint density at radius 3 is 0.545 bits per heavy atom. The summed E-state index contributed by atoms with van der Waals surface area (Å²) in [7, 11) is 0. The van der Waals surface area contributed by atoms with Crippen LogP contribution in [0.1, 0.15) is 322 Å². The Hall–Kier alpha value is -0.0500. The van der Waals surface area contributed by atoms with E-state index in [1.807, 2.05) is 0 Å². The molecular weight excluding hydrogens is 736 g/mol. The third kappa shape index (κ3) is 50.0. The molecule has 55 heavy (non-hydrogen) atoms. The van der Waals surface area contributed by atoms with Crippen LogP contribution in [0.5, 0.6) is 0 Å². The molecule has 3 heteroatoms. The van der Waals surface area contributed by atoms with E-state index in [1.54, 1.807) is 0 Å². The SMILES string of the molecule is CCCCCCCCCCCCCCCCCCCCCCCCCCCCCCCCCCCCCCCCCCCCCCCCCCC(Br)C(=O)O. The van der Waals surface area contributed by atoms with Gasteiger partial charge >= 0.3 is 5.97 Å². The fourth-order valence-electron chi connectivity index (χ4n) is 8.65. The molecule has 0 aromatic heterocycles. The van der Waals surface area contributed by atoms with Crippen LogP contribution in [-0.4, -0.2) is 15.9 Å². The predicted octanol–water partition coefficient (Wildman–Crippen LogP) is 20.0. The zero-order valence-corrected chi connectivity index (χ0v) is 39.5. The molecule has 0 aromatic rings. The summed E-state index contributed by atoms with van der Waals surface area (Å²) >= 11 is 3.23. The van der Waals surface area contributed by atoms with E-state index in [1.165, 1.54) is 302 Å². The van der Waals surface area contributed by atoms with E-state index >= 15 is 0 Å². The molecule has 0 aromatic carbocycles. The molecule has 1 atom stereocenters. The maximum atomic E-state index is 10.8. The van der Waals surface area contributed by atoms with E-state index in [-0.39, 0.29) is 4.83 Å². The Morgan fingerprint density at radius 2 is 0.418 bits per heavy atom. The van der Waals surface area contributed by atoms with Crippen molar-refractivity contribution in [3.05, 3.63) is 0 Å². The Kier molecular flexibility index (Phi) is 50.0. The van der Waals surface area contributed by atoms with Gasteiger partial charge in [0, 0.05) is 0 Å². The molecule has 0 saturated carbocycles. The fourth-order valence-corrected chi connectivity index (χ4v) is 8.98. The molecule has 330 valence electrons. The summed E-state index contributed by atoms with van der Waals surface area (Å²) in [6.45, 7) is 2.31. The van der Waals surface area contributed by atoms with Gasteiger partial charge < -0.3 is 5.11 Å². The van der Waals surface area contributed by atoms with Crippen LogP contribution >= 0.6 is 15.9 Å². The van der Waals surface area contributed by atoms with Crippen LogP contribution in [-0.2, 0) is 4.79 Å². The molecule has 0 heterocycles. The lowest BCUT2D eigenvalue weighted by Gasteiger charge is -2.05. The lowest BCUT2D eigenvalue weighted by atomic mass is 10.0. The van der Waals surface area contributed by atoms with Crippen LogP contribution in [0, 0.1) is 0 Å². The minimum atomic E-state index is -0.725. The Balaban J connectivity index is 3.07. The number of aliphatic carboxylic acids is 1. The molecule has 0 aliphatic rings. The summed E-state index contributed by atoms with van der Waals surface area (Å²) in [5, 5.41) is 8.89. The second-order valence-electron chi connectivity index (χ2n) is 18.2. The van der Waals surface area contributed by atoms with Gasteiger partial charge in [0.15, 0.2) is 0 Å². The second kappa shape index (κ2) is 50.1. The summed E-state index contributed by atoms with van der Waals surface area (Å²) in [5.41, 5.74) is 0. The molecule has 2 nitrogen and oxygen atoms in total. The zero-order valence-electron chi connectivity index (χ0n) is 38.0. The highest BCUT2D eigenvalue weighted by Crippen LogP contribution is 2.19. The molecule has 0 amide bonds. The summed E-state index contributed by atoms with van der Waals surface area (Å²) in [4.78, 5) is 10.4. The van der Waals surface area contributed by atoms with Crippen molar-refractivity contribution in [2.24, 2.45) is 0 Å². The van der Waals surface area contributed by atoms with E-state index in [0.717, 1.165) is 12.8 Å². The molecule has 0 aliphatic heterocycles. The molecule has 0 rings (SSSR count). The van der Waals surface area contributed by atoms with E-state index < -0.39 is 5.97 Å². The van der Waals surface area contributed by atoms with Crippen molar-refractivity contribution in [3.63, 3.8) is 0 Å². The second-order valence-corrected chi connectivity index (χ2v) is 19.3. The summed E-state index contributed by atoms with van der Waals surface area (Å²) in [6.07, 6.45) is 70.1. The van der Waals surface area contributed by atoms with Gasteiger partial charge in [-0.15, -0.1) is 0 Å². The summed E-state index contributed by atoms with van der Waals surface area (Å²) in [5.74, 6) is -0.725. The Bertz CT molecular complexity index is 695. The van der Waals surface area contributed by atoms with Gasteiger partial charge in [-0.1, -0.05) is 331 Å². The molecule has 0 aliphatic carbocycles. The van der Waals surface area contributed by atoms with Crippen molar-refractivity contribution in [2.75, 3.05) is 0 Å². The van der Waals surface area contributed by atoms with Gasteiger partial charge in [-0.2, -0.15) is 0 Å². The van der Waals surface area contributed by atoms with Crippen molar-refractivity contribution in [1.82, 2.24) is 0 Å². The van der Waals surface area contributed by atoms with Gasteiger partial charge in [0.2, 0.25) is 0 Å². The molecular formula is C52H103BrO2. The first-order valence-corrected chi connectivity index (χ1v) is 27.0. The van der Waals surface area contributed by atoms with Crippen LogP contribution in [0.3, 0.4) is 0 Å². The summed E-state index contributed by atoms with van der Waals surface area (Å²) < 4.78 is 0. The maximum Gasteiger partial charge on any atom is 0.317 e. The third-order valence-corrected chi connectivity index (χ3v) is 13.4. The molecule has 0 spiro atoms. The normalized spacial score (nSPS) is 12.2. The minimum Gasteiger partial charge on any atom is -0.480 e. The van der Waals surface area contributed by atoms with Gasteiger partial charge in [0.1, 0.15) is 4.83 Å². The first kappa shape index (κ1) is 55.0. The number of rotatable bonds is 50. The van der Waals surface area contributed by atoms with Gasteiger partial charge in [0.25, 0.3) is 0 Å². The molecule has 0 radical (unpaired) electrons. The lowest BCUT2D eigenvalue weighted by molar-refractivity contribution is -0.136. The van der Waals surface area contributed by atoms with Crippen molar-refractivity contribution in [2.45, 2.75) is 326 Å². The van der Waals surface area contributed by atoms with Crippen LogP contribution in [0.4, 0.5) is 0 Å². The van der Waals surface area contributed by atoms with E-state index in [9.17, 15) is 4.79 Å². The number of unbranched alkanes of at least 4 members (excludes halogenated alkanes) is 47. The first-order valence-electron chi connectivity index (χ1n) is 26.0. The van der Waals surface area contributed by atoms with Crippen molar-refractivity contribution in [3.8, 4) is 0 Å². The Morgan fingerprint density at radius 1 is 0.291 bits per heavy atom. The fraction of sp³-hybridized carbons (Fsp3) is 0.981. The van der Waals surface area contributed by atoms with Gasteiger partial charge in [-0.25, -0.2) is 0 Å². The standard InChI is InChI=1S/C52H103BrO2/c1-2-3-4-5-6-7-8-9-10-11-12-13-14-15-16-17-18-19-20-21-22-23-24-25-26-27-28-29-30-31-32-33-34-35-36-37-38-39-40-41-42-43-44-45-46-47-48-49-50-51(53)52(54)55/h51H,2-50H2,1H3,(H,54,55). The number of carboxylic acid groups (broad SMARTS) is 1. The maximum absolute atomic E-state index is 10.8. The molecule has 0 bridgehead atoms. The molecule has 0 fully saturated rings. The van der Waals surface area contributed by atoms with Crippen LogP contribution in [0.25, 0.3) is 0 Å². The topological polar surface area (TPSA) is 37.3 Å². The third-order valence-electron chi connectivity index (χ3n) is 12.6. The first-order chi connectivity index (χ1) is 27.2. The average Bonchev–Trinajstić information content (AvgIpc) is 3.18. The average molecular weight is 840 g/mol. The number of carbonyl (C=O) groups is 1. The number of alkyl halides is 1. The highest BCUT2D eigenvalue weighted by molar-refractivity contribution is 9.10. The van der Waals surface area contributed by atoms with E-state index in [2.05, 4.69) is 22.9 Å². The lowest BCUT2D eigenvalue weighted by Crippen LogP contribution is -2.11. The van der Waals surface area contributed by atoms with E-state index in [4.69, 9.17) is 5.11 Å². The molecule has 0 saturated heterocycles. The molecule has 1 N–H and O–H groups in total. The quantitative estimate of drug-likeness (QED) is 0.0489. The van der Waals surface area contributed by atoms with Crippen LogP contribution in [0.2, 0.25) is 0 Å². The largest absolute Gasteiger partial charge is 0.480 e. The summed E-state index contributed by atoms with van der Waals surface area (Å²) in [6, 6.07) is 0. The van der Waals surface area contributed by atoms with Crippen molar-refractivity contribution < 1.29 is 9.90 Å². The zero-order chi connectivity index (χ0) is 39.8. The van der Waals surface area contributed by atoms with Crippen molar-refractivity contribution in [1.29, 1.82) is 0 Å². The van der Waals surface area contributed by atoms with Gasteiger partial charge in [0.05, 0.1) is 0 Å². The smallest absolute Gasteiger partial charge is 0.317 e. The highest BCUT2D eigenvalue weighted by Gasteiger charge is 2.11. The number of hydrogen-bond donors (Lipinski definition) is 1. The monoisotopic (exact) mass is 839 g/mol. The van der Waals surface area contributed by atoms with Gasteiger partial charge in [-0.05, 0) is 6.42 Å². The minimum absolute atomic E-state index is 0.357. The van der Waals surface area contributed by atoms with Gasteiger partial charge in [-0.3, -0.25) is 4.79 Å².